The number of carbonyl (C=O) groups excluding carboxylic acids is 2. The van der Waals surface area contributed by atoms with Crippen LogP contribution in [0.3, 0.4) is 0 Å². The maximum atomic E-state index is 13.3. The van der Waals surface area contributed by atoms with E-state index in [1.165, 1.54) is 12.8 Å². The number of nitrogens with zero attached hydrogens (tertiary/aromatic N) is 2. The molecule has 2 heterocycles. The van der Waals surface area contributed by atoms with E-state index in [1.54, 1.807) is 0 Å². The van der Waals surface area contributed by atoms with Gasteiger partial charge in [0.15, 0.2) is 0 Å². The molecule has 0 aromatic heterocycles. The number of hydrogen-bond donors (Lipinski definition) is 1. The van der Waals surface area contributed by atoms with Crippen molar-refractivity contribution in [3.05, 3.63) is 77.4 Å². The van der Waals surface area contributed by atoms with Gasteiger partial charge >= 0.3 is 0 Å². The maximum Gasteiger partial charge on any atom is 0.256 e. The molecule has 1 N–H and O–H groups in total. The van der Waals surface area contributed by atoms with E-state index in [-0.39, 0.29) is 11.8 Å². The third-order valence-electron chi connectivity index (χ3n) is 6.65. The van der Waals surface area contributed by atoms with E-state index >= 15 is 0 Å². The summed E-state index contributed by atoms with van der Waals surface area (Å²) < 4.78 is 0. The van der Waals surface area contributed by atoms with Crippen LogP contribution in [0.4, 0.5) is 5.69 Å². The molecule has 5 rings (SSSR count). The number of hydrogen-bond acceptors (Lipinski definition) is 3. The summed E-state index contributed by atoms with van der Waals surface area (Å²) in [7, 11) is 2.15. The first kappa shape index (κ1) is 19.8. The van der Waals surface area contributed by atoms with Crippen molar-refractivity contribution in [1.29, 1.82) is 0 Å². The van der Waals surface area contributed by atoms with Gasteiger partial charge in [0.1, 0.15) is 0 Å². The first-order valence-electron chi connectivity index (χ1n) is 11.0. The highest BCUT2D eigenvalue weighted by Crippen LogP contribution is 2.31. The Labute approximate surface area is 182 Å². The Morgan fingerprint density at radius 3 is 2.71 bits per heavy atom. The molecule has 158 valence electrons. The topological polar surface area (TPSA) is 52.6 Å². The number of anilines is 1. The Bertz CT molecular complexity index is 1150. The molecular weight excluding hydrogens is 386 g/mol. The van der Waals surface area contributed by atoms with Crippen molar-refractivity contribution in [3.8, 4) is 0 Å². The summed E-state index contributed by atoms with van der Waals surface area (Å²) in [6, 6.07) is 19.7. The second-order valence-corrected chi connectivity index (χ2v) is 8.64. The van der Waals surface area contributed by atoms with E-state index in [4.69, 9.17) is 0 Å². The summed E-state index contributed by atoms with van der Waals surface area (Å²) in [4.78, 5) is 30.7. The Hall–Kier alpha value is -3.18. The number of nitrogens with one attached hydrogen (secondary N) is 1. The van der Waals surface area contributed by atoms with Crippen LogP contribution in [-0.2, 0) is 6.54 Å². The highest BCUT2D eigenvalue weighted by Gasteiger charge is 2.33. The molecule has 0 spiro atoms. The van der Waals surface area contributed by atoms with Crippen LogP contribution in [0.25, 0.3) is 10.8 Å². The predicted octanol–water partition coefficient (Wildman–Crippen LogP) is 4.53. The zero-order chi connectivity index (χ0) is 21.4. The van der Waals surface area contributed by atoms with Gasteiger partial charge in [-0.15, -0.1) is 0 Å². The molecule has 1 fully saturated rings. The minimum Gasteiger partial charge on any atom is -0.333 e. The van der Waals surface area contributed by atoms with Crippen molar-refractivity contribution in [3.63, 3.8) is 0 Å². The summed E-state index contributed by atoms with van der Waals surface area (Å²) >= 11 is 0. The van der Waals surface area contributed by atoms with Crippen LogP contribution >= 0.6 is 0 Å². The van der Waals surface area contributed by atoms with Crippen LogP contribution in [0.1, 0.15) is 45.5 Å². The van der Waals surface area contributed by atoms with Crippen LogP contribution in [0.5, 0.6) is 0 Å². The normalized spacial score (nSPS) is 18.9. The standard InChI is InChI=1S/C26H27N3O2/c1-28-15-5-4-11-20(28)17-29-16-19-10-7-14-23(24(19)26(29)31)27-25(30)22-13-6-9-18-8-2-3-12-21(18)22/h2-3,6-10,12-14,20H,4-5,11,15-17H2,1H3,(H,27,30). The Morgan fingerprint density at radius 1 is 1.03 bits per heavy atom. The minimum absolute atomic E-state index is 0.0165. The van der Waals surface area contributed by atoms with Gasteiger partial charge in [0, 0.05) is 24.7 Å². The molecule has 1 saturated heterocycles. The smallest absolute Gasteiger partial charge is 0.256 e. The second-order valence-electron chi connectivity index (χ2n) is 8.64. The third kappa shape index (κ3) is 3.70. The van der Waals surface area contributed by atoms with E-state index in [0.717, 1.165) is 35.8 Å². The van der Waals surface area contributed by atoms with Crippen LogP contribution in [0, 0.1) is 0 Å². The third-order valence-corrected chi connectivity index (χ3v) is 6.65. The van der Waals surface area contributed by atoms with E-state index in [0.29, 0.717) is 29.4 Å². The maximum absolute atomic E-state index is 13.3. The number of piperidine rings is 1. The quantitative estimate of drug-likeness (QED) is 0.684. The van der Waals surface area contributed by atoms with E-state index < -0.39 is 0 Å². The average molecular weight is 414 g/mol. The highest BCUT2D eigenvalue weighted by molar-refractivity contribution is 6.15. The molecule has 0 bridgehead atoms. The molecule has 1 unspecified atom stereocenters. The van der Waals surface area contributed by atoms with Crippen LogP contribution in [0.2, 0.25) is 0 Å². The van der Waals surface area contributed by atoms with Crippen molar-refractivity contribution < 1.29 is 9.59 Å². The molecule has 3 aromatic carbocycles. The number of amides is 2. The number of carbonyl (C=O) groups is 2. The molecule has 3 aromatic rings. The minimum atomic E-state index is -0.191. The van der Waals surface area contributed by atoms with Crippen molar-refractivity contribution >= 4 is 28.3 Å². The molecule has 0 radical (unpaired) electrons. The van der Waals surface area contributed by atoms with Gasteiger partial charge in [-0.1, -0.05) is 55.0 Å². The lowest BCUT2D eigenvalue weighted by Gasteiger charge is -2.35. The summed E-state index contributed by atoms with van der Waals surface area (Å²) in [6.45, 7) is 2.43. The van der Waals surface area contributed by atoms with Gasteiger partial charge in [-0.05, 0) is 54.9 Å². The van der Waals surface area contributed by atoms with Crippen LogP contribution in [-0.4, -0.2) is 47.8 Å². The summed E-state index contributed by atoms with van der Waals surface area (Å²) in [5, 5.41) is 4.94. The molecule has 0 saturated carbocycles. The molecule has 0 aliphatic carbocycles. The fourth-order valence-electron chi connectivity index (χ4n) is 4.91. The Kier molecular flexibility index (Phi) is 5.20. The van der Waals surface area contributed by atoms with Gasteiger partial charge in [0.25, 0.3) is 11.8 Å². The largest absolute Gasteiger partial charge is 0.333 e. The van der Waals surface area contributed by atoms with Gasteiger partial charge in [-0.2, -0.15) is 0 Å². The van der Waals surface area contributed by atoms with E-state index in [2.05, 4.69) is 17.3 Å². The number of likely N-dealkylation sites (N-methyl/N-ethyl adjacent to an activating group) is 1. The number of benzene rings is 3. The fourth-order valence-corrected chi connectivity index (χ4v) is 4.91. The summed E-state index contributed by atoms with van der Waals surface area (Å²) in [5.41, 5.74) is 2.83. The lowest BCUT2D eigenvalue weighted by molar-refractivity contribution is 0.0688. The first-order chi connectivity index (χ1) is 15.1. The average Bonchev–Trinajstić information content (AvgIpc) is 3.11. The molecular formula is C26H27N3O2. The monoisotopic (exact) mass is 413 g/mol. The second kappa shape index (κ2) is 8.16. The van der Waals surface area contributed by atoms with Gasteiger partial charge in [-0.3, -0.25) is 9.59 Å². The summed E-state index contributed by atoms with van der Waals surface area (Å²) in [6.07, 6.45) is 3.57. The van der Waals surface area contributed by atoms with Gasteiger partial charge in [0.2, 0.25) is 0 Å². The van der Waals surface area contributed by atoms with E-state index in [1.807, 2.05) is 65.6 Å². The lowest BCUT2D eigenvalue weighted by Crippen LogP contribution is -2.44. The lowest BCUT2D eigenvalue weighted by atomic mass is 10.0. The Morgan fingerprint density at radius 2 is 1.84 bits per heavy atom. The fraction of sp³-hybridized carbons (Fsp3) is 0.308. The van der Waals surface area contributed by atoms with Crippen molar-refractivity contribution in [2.45, 2.75) is 31.8 Å². The Balaban J connectivity index is 1.39. The van der Waals surface area contributed by atoms with Crippen LogP contribution in [0.15, 0.2) is 60.7 Å². The van der Waals surface area contributed by atoms with Gasteiger partial charge in [-0.25, -0.2) is 0 Å². The number of rotatable bonds is 4. The molecule has 1 atom stereocenters. The number of fused-ring (bicyclic) bond motifs is 2. The highest BCUT2D eigenvalue weighted by atomic mass is 16.2. The molecule has 5 nitrogen and oxygen atoms in total. The summed E-state index contributed by atoms with van der Waals surface area (Å²) in [5.74, 6) is -0.175. The zero-order valence-corrected chi connectivity index (χ0v) is 17.8. The van der Waals surface area contributed by atoms with Crippen molar-refractivity contribution in [1.82, 2.24) is 9.80 Å². The number of likely N-dealkylation sites (tertiary alicyclic amines) is 1. The molecule has 2 amide bonds. The van der Waals surface area contributed by atoms with Crippen molar-refractivity contribution in [2.24, 2.45) is 0 Å². The van der Waals surface area contributed by atoms with Crippen LogP contribution < -0.4 is 5.32 Å². The van der Waals surface area contributed by atoms with Crippen molar-refractivity contribution in [2.75, 3.05) is 25.5 Å². The van der Waals surface area contributed by atoms with Gasteiger partial charge in [0.05, 0.1) is 11.3 Å². The SMILES string of the molecule is CN1CCCCC1CN1Cc2cccc(NC(=O)c3cccc4ccccc34)c2C1=O. The van der Waals surface area contributed by atoms with Gasteiger partial charge < -0.3 is 15.1 Å². The zero-order valence-electron chi connectivity index (χ0n) is 17.8. The molecule has 2 aliphatic rings. The predicted molar refractivity (Wildman–Crippen MR) is 123 cm³/mol. The van der Waals surface area contributed by atoms with E-state index in [9.17, 15) is 9.59 Å². The molecule has 2 aliphatic heterocycles. The molecule has 5 heteroatoms. The first-order valence-corrected chi connectivity index (χ1v) is 11.0. The molecule has 31 heavy (non-hydrogen) atoms.